The monoisotopic (exact) mass is 441 g/mol. The van der Waals surface area contributed by atoms with Crippen LogP contribution in [0.5, 0.6) is 0 Å². The van der Waals surface area contributed by atoms with Gasteiger partial charge in [0.1, 0.15) is 0 Å². The number of morpholine rings is 1. The predicted molar refractivity (Wildman–Crippen MR) is 117 cm³/mol. The molecule has 1 aromatic carbocycles. The van der Waals surface area contributed by atoms with Crippen molar-refractivity contribution < 1.29 is 18.8 Å². The van der Waals surface area contributed by atoms with Crippen LogP contribution in [0.1, 0.15) is 12.3 Å². The standard InChI is InChI=1S/C21H23N5O4S/c27-18(7-8-20-24-21(25-30-20)17-2-1-13-31-17)22-15-3-5-16(6-4-15)23-19(28)14-26-9-11-29-12-10-26/h1-6,13H,7-12,14H2,(H,22,27)(H,23,28). The maximum atomic E-state index is 12.2. The molecule has 162 valence electrons. The Bertz CT molecular complexity index is 997. The van der Waals surface area contributed by atoms with Crippen LogP contribution in [0.2, 0.25) is 0 Å². The minimum absolute atomic E-state index is 0.0693. The van der Waals surface area contributed by atoms with Crippen molar-refractivity contribution >= 4 is 34.5 Å². The van der Waals surface area contributed by atoms with Gasteiger partial charge in [-0.15, -0.1) is 11.3 Å². The van der Waals surface area contributed by atoms with Crippen molar-refractivity contribution in [2.24, 2.45) is 0 Å². The molecule has 0 atom stereocenters. The van der Waals surface area contributed by atoms with E-state index in [1.165, 1.54) is 11.3 Å². The third kappa shape index (κ3) is 6.20. The highest BCUT2D eigenvalue weighted by molar-refractivity contribution is 7.13. The van der Waals surface area contributed by atoms with Crippen molar-refractivity contribution in [2.75, 3.05) is 43.5 Å². The van der Waals surface area contributed by atoms with Gasteiger partial charge in [-0.3, -0.25) is 14.5 Å². The Morgan fingerprint density at radius 1 is 1.03 bits per heavy atom. The first kappa shape index (κ1) is 21.2. The summed E-state index contributed by atoms with van der Waals surface area (Å²) in [6.45, 7) is 3.17. The Hall–Kier alpha value is -3.08. The van der Waals surface area contributed by atoms with Gasteiger partial charge in [-0.05, 0) is 35.7 Å². The molecule has 3 aromatic rings. The van der Waals surface area contributed by atoms with Crippen molar-refractivity contribution in [3.8, 4) is 10.7 Å². The predicted octanol–water partition coefficient (Wildman–Crippen LogP) is 2.64. The number of nitrogens with one attached hydrogen (secondary N) is 2. The number of rotatable bonds is 8. The van der Waals surface area contributed by atoms with Gasteiger partial charge < -0.3 is 19.9 Å². The van der Waals surface area contributed by atoms with Crippen LogP contribution in [0.15, 0.2) is 46.3 Å². The number of thiophene rings is 1. The van der Waals surface area contributed by atoms with E-state index in [2.05, 4.69) is 25.7 Å². The van der Waals surface area contributed by atoms with E-state index in [0.29, 0.717) is 49.3 Å². The van der Waals surface area contributed by atoms with Crippen molar-refractivity contribution in [2.45, 2.75) is 12.8 Å². The van der Waals surface area contributed by atoms with Gasteiger partial charge >= 0.3 is 0 Å². The molecule has 1 aliphatic rings. The van der Waals surface area contributed by atoms with Gasteiger partial charge in [0.25, 0.3) is 0 Å². The number of benzene rings is 1. The number of carbonyl (C=O) groups is 2. The third-order valence-electron chi connectivity index (χ3n) is 4.70. The summed E-state index contributed by atoms with van der Waals surface area (Å²) in [4.78, 5) is 31.7. The molecule has 2 N–H and O–H groups in total. The molecule has 0 radical (unpaired) electrons. The van der Waals surface area contributed by atoms with Gasteiger partial charge in [-0.25, -0.2) is 0 Å². The Labute approximate surface area is 183 Å². The number of anilines is 2. The lowest BCUT2D eigenvalue weighted by molar-refractivity contribution is -0.118. The van der Waals surface area contributed by atoms with Crippen molar-refractivity contribution in [3.63, 3.8) is 0 Å². The molecule has 9 nitrogen and oxygen atoms in total. The lowest BCUT2D eigenvalue weighted by atomic mass is 10.2. The highest BCUT2D eigenvalue weighted by Gasteiger charge is 2.14. The smallest absolute Gasteiger partial charge is 0.238 e. The molecule has 10 heteroatoms. The molecule has 0 spiro atoms. The van der Waals surface area contributed by atoms with E-state index in [-0.39, 0.29) is 18.2 Å². The zero-order chi connectivity index (χ0) is 21.5. The maximum Gasteiger partial charge on any atom is 0.238 e. The summed E-state index contributed by atoms with van der Waals surface area (Å²) in [6.07, 6.45) is 0.587. The van der Waals surface area contributed by atoms with Gasteiger partial charge in [-0.1, -0.05) is 11.2 Å². The summed E-state index contributed by atoms with van der Waals surface area (Å²) in [5.41, 5.74) is 1.34. The van der Waals surface area contributed by atoms with E-state index in [4.69, 9.17) is 9.26 Å². The van der Waals surface area contributed by atoms with Crippen LogP contribution in [0, 0.1) is 0 Å². The molecule has 0 saturated carbocycles. The molecule has 4 rings (SSSR count). The van der Waals surface area contributed by atoms with E-state index in [0.717, 1.165) is 18.0 Å². The minimum Gasteiger partial charge on any atom is -0.379 e. The van der Waals surface area contributed by atoms with Crippen LogP contribution in [0.4, 0.5) is 11.4 Å². The largest absolute Gasteiger partial charge is 0.379 e. The molecule has 2 aromatic heterocycles. The van der Waals surface area contributed by atoms with Crippen molar-refractivity contribution in [1.82, 2.24) is 15.0 Å². The summed E-state index contributed by atoms with van der Waals surface area (Å²) in [5.74, 6) is 0.744. The highest BCUT2D eigenvalue weighted by Crippen LogP contribution is 2.21. The van der Waals surface area contributed by atoms with E-state index in [9.17, 15) is 9.59 Å². The Morgan fingerprint density at radius 3 is 2.42 bits per heavy atom. The molecule has 0 bridgehead atoms. The first-order chi connectivity index (χ1) is 15.2. The zero-order valence-electron chi connectivity index (χ0n) is 16.9. The first-order valence-electron chi connectivity index (χ1n) is 10.0. The average molecular weight is 442 g/mol. The molecule has 3 heterocycles. The first-order valence-corrected chi connectivity index (χ1v) is 10.9. The molecule has 1 aliphatic heterocycles. The summed E-state index contributed by atoms with van der Waals surface area (Å²) in [7, 11) is 0. The van der Waals surface area contributed by atoms with Gasteiger partial charge in [0.05, 0.1) is 24.6 Å². The van der Waals surface area contributed by atoms with Gasteiger partial charge in [0, 0.05) is 37.3 Å². The Kier molecular flexibility index (Phi) is 7.03. The van der Waals surface area contributed by atoms with Crippen LogP contribution in [-0.4, -0.2) is 59.7 Å². The number of hydrogen-bond acceptors (Lipinski definition) is 8. The third-order valence-corrected chi connectivity index (χ3v) is 5.56. The quantitative estimate of drug-likeness (QED) is 0.553. The summed E-state index contributed by atoms with van der Waals surface area (Å²) in [5, 5.41) is 11.6. The fourth-order valence-corrected chi connectivity index (χ4v) is 3.76. The van der Waals surface area contributed by atoms with Crippen molar-refractivity contribution in [3.05, 3.63) is 47.7 Å². The number of ether oxygens (including phenoxy) is 1. The van der Waals surface area contributed by atoms with Crippen LogP contribution < -0.4 is 10.6 Å². The molecule has 1 saturated heterocycles. The minimum atomic E-state index is -0.153. The van der Waals surface area contributed by atoms with Crippen molar-refractivity contribution in [1.29, 1.82) is 0 Å². The van der Waals surface area contributed by atoms with Gasteiger partial charge in [0.15, 0.2) is 0 Å². The summed E-state index contributed by atoms with van der Waals surface area (Å²) in [6, 6.07) is 10.9. The normalized spacial score (nSPS) is 14.3. The zero-order valence-corrected chi connectivity index (χ0v) is 17.7. The van der Waals surface area contributed by atoms with Gasteiger partial charge in [-0.2, -0.15) is 4.98 Å². The lowest BCUT2D eigenvalue weighted by Crippen LogP contribution is -2.41. The van der Waals surface area contributed by atoms with Gasteiger partial charge in [0.2, 0.25) is 23.5 Å². The SMILES string of the molecule is O=C(CCc1nc(-c2cccs2)no1)Nc1ccc(NC(=O)CN2CCOCC2)cc1. The van der Waals surface area contributed by atoms with E-state index < -0.39 is 0 Å². The number of aryl methyl sites for hydroxylation is 1. The fourth-order valence-electron chi connectivity index (χ4n) is 3.11. The second-order valence-corrected chi connectivity index (χ2v) is 8.00. The molecule has 0 unspecified atom stereocenters. The van der Waals surface area contributed by atoms with E-state index >= 15 is 0 Å². The molecular weight excluding hydrogens is 418 g/mol. The second kappa shape index (κ2) is 10.3. The number of aromatic nitrogens is 2. The number of nitrogens with zero attached hydrogens (tertiary/aromatic N) is 3. The van der Waals surface area contributed by atoms with E-state index in [1.54, 1.807) is 24.3 Å². The number of amides is 2. The fraction of sp³-hybridized carbons (Fsp3) is 0.333. The topological polar surface area (TPSA) is 110 Å². The second-order valence-electron chi connectivity index (χ2n) is 7.05. The molecule has 0 aliphatic carbocycles. The van der Waals surface area contributed by atoms with Crippen LogP contribution in [0.25, 0.3) is 10.7 Å². The molecular formula is C21H23N5O4S. The number of carbonyl (C=O) groups excluding carboxylic acids is 2. The average Bonchev–Trinajstić information content (AvgIpc) is 3.46. The lowest BCUT2D eigenvalue weighted by Gasteiger charge is -2.25. The number of hydrogen-bond donors (Lipinski definition) is 2. The molecule has 2 amide bonds. The Morgan fingerprint density at radius 2 is 1.74 bits per heavy atom. The summed E-state index contributed by atoms with van der Waals surface area (Å²) < 4.78 is 10.5. The van der Waals surface area contributed by atoms with Crippen LogP contribution >= 0.6 is 11.3 Å². The Balaban J connectivity index is 1.21. The van der Waals surface area contributed by atoms with Crippen LogP contribution in [0.3, 0.4) is 0 Å². The summed E-state index contributed by atoms with van der Waals surface area (Å²) >= 11 is 1.53. The van der Waals surface area contributed by atoms with Crippen LogP contribution in [-0.2, 0) is 20.7 Å². The molecule has 1 fully saturated rings. The highest BCUT2D eigenvalue weighted by atomic mass is 32.1. The molecule has 31 heavy (non-hydrogen) atoms. The van der Waals surface area contributed by atoms with E-state index in [1.807, 2.05) is 17.5 Å². The maximum absolute atomic E-state index is 12.2.